The Bertz CT molecular complexity index is 2430. The van der Waals surface area contributed by atoms with Gasteiger partial charge in [-0.15, -0.1) is 0 Å². The largest absolute Gasteiger partial charge is 0.494 e. The molecule has 0 spiro atoms. The van der Waals surface area contributed by atoms with Crippen molar-refractivity contribution in [2.45, 2.75) is 64.3 Å². The third-order valence-electron chi connectivity index (χ3n) is 12.7. The van der Waals surface area contributed by atoms with E-state index in [1.807, 2.05) is 19.1 Å². The van der Waals surface area contributed by atoms with Gasteiger partial charge in [-0.2, -0.15) is 4.98 Å². The van der Waals surface area contributed by atoms with Crippen molar-refractivity contribution in [1.29, 1.82) is 0 Å². The van der Waals surface area contributed by atoms with E-state index in [1.165, 1.54) is 0 Å². The Hall–Kier alpha value is -4.27. The monoisotopic (exact) mass is 930 g/mol. The van der Waals surface area contributed by atoms with Crippen LogP contribution in [-0.2, 0) is 17.4 Å². The maximum Gasteiger partial charge on any atom is 0.229 e. The lowest BCUT2D eigenvalue weighted by molar-refractivity contribution is 0.0855. The Morgan fingerprint density at radius 3 is 2.37 bits per heavy atom. The fraction of sp³-hybridized carbons (Fsp3) is 0.478. The van der Waals surface area contributed by atoms with Gasteiger partial charge in [-0.05, 0) is 116 Å². The third kappa shape index (κ3) is 9.92. The van der Waals surface area contributed by atoms with Crippen molar-refractivity contribution in [3.63, 3.8) is 0 Å². The molecule has 62 heavy (non-hydrogen) atoms. The zero-order valence-electron chi connectivity index (χ0n) is 36.4. The summed E-state index contributed by atoms with van der Waals surface area (Å²) < 4.78 is 50.3. The number of piperazine rings is 1. The van der Waals surface area contributed by atoms with Gasteiger partial charge in [-0.1, -0.05) is 6.92 Å². The molecule has 3 N–H and O–H groups in total. The van der Waals surface area contributed by atoms with Gasteiger partial charge in [0, 0.05) is 111 Å². The molecule has 1 atom stereocenters. The van der Waals surface area contributed by atoms with Gasteiger partial charge in [0.05, 0.1) is 28.5 Å². The number of benzene rings is 3. The highest BCUT2D eigenvalue weighted by molar-refractivity contribution is 9.10. The molecule has 3 fully saturated rings. The molecule has 1 unspecified atom stereocenters. The van der Waals surface area contributed by atoms with E-state index >= 15 is 8.78 Å². The standard InChI is InChI=1S/C46H58BrF2N10O2P/c1-6-42-51-27-33-37(53-42)9-10-38(44(33)62(4,5)60)54-45-34(47)28-52-46(56-45)55-39-22-29(2)40(25-41(39)61-3)59-16-12-32(13-17-59)58-20-18-57(19-21-58)15-11-30-23-35(48)43(36(49)24-30)31-8-7-14-50-26-31/h9-10,22-25,27-28,31-32,50H,6-8,11-21,26H2,1-5H3,(H2,52,54,55,56). The summed E-state index contributed by atoms with van der Waals surface area (Å²) >= 11 is 3.61. The molecule has 0 bridgehead atoms. The van der Waals surface area contributed by atoms with Crippen molar-refractivity contribution in [3.8, 4) is 5.75 Å². The number of fused-ring (bicyclic) bond motifs is 1. The van der Waals surface area contributed by atoms with Crippen LogP contribution >= 0.6 is 23.1 Å². The van der Waals surface area contributed by atoms with Crippen LogP contribution in [-0.4, -0.2) is 115 Å². The molecule has 0 radical (unpaired) electrons. The average Bonchev–Trinajstić information content (AvgIpc) is 3.26. The van der Waals surface area contributed by atoms with Crippen molar-refractivity contribution in [3.05, 3.63) is 87.4 Å². The van der Waals surface area contributed by atoms with Crippen molar-refractivity contribution >= 4 is 68.1 Å². The summed E-state index contributed by atoms with van der Waals surface area (Å²) in [5.41, 5.74) is 5.43. The molecule has 8 rings (SSSR count). The van der Waals surface area contributed by atoms with Gasteiger partial charge in [0.25, 0.3) is 0 Å². The molecular formula is C46H58BrF2N10O2P. The van der Waals surface area contributed by atoms with E-state index in [0.717, 1.165) is 117 Å². The van der Waals surface area contributed by atoms with Crippen molar-refractivity contribution < 1.29 is 18.1 Å². The highest BCUT2D eigenvalue weighted by Gasteiger charge is 2.29. The van der Waals surface area contributed by atoms with Crippen LogP contribution in [0.4, 0.5) is 37.6 Å². The van der Waals surface area contributed by atoms with Gasteiger partial charge in [0.2, 0.25) is 5.95 Å². The first kappa shape index (κ1) is 44.3. The molecule has 12 nitrogen and oxygen atoms in total. The average molecular weight is 932 g/mol. The summed E-state index contributed by atoms with van der Waals surface area (Å²) in [7, 11) is -1.10. The maximum atomic E-state index is 15.1. The summed E-state index contributed by atoms with van der Waals surface area (Å²) in [5, 5.41) is 11.5. The van der Waals surface area contributed by atoms with Crippen LogP contribution in [0.3, 0.4) is 0 Å². The molecule has 3 aromatic carbocycles. The first-order chi connectivity index (χ1) is 29.9. The SMILES string of the molecule is CCc1ncc2c(P(C)(C)=O)c(Nc3nc(Nc4cc(C)c(N5CCC(N6CCN(CCc7cc(F)c(C8CCCNC8)c(F)c7)CC6)CC5)cc4OC)ncc3Br)ccc2n1. The quantitative estimate of drug-likeness (QED) is 0.0984. The number of halogens is 3. The van der Waals surface area contributed by atoms with Crippen LogP contribution in [0.2, 0.25) is 0 Å². The third-order valence-corrected chi connectivity index (χ3v) is 14.8. The second-order valence-corrected chi connectivity index (χ2v) is 21.2. The van der Waals surface area contributed by atoms with Gasteiger partial charge in [-0.25, -0.2) is 23.7 Å². The minimum atomic E-state index is -2.77. The number of nitrogens with zero attached hydrogens (tertiary/aromatic N) is 7. The summed E-state index contributed by atoms with van der Waals surface area (Å²) in [6, 6.07) is 11.6. The van der Waals surface area contributed by atoms with Gasteiger partial charge in [-0.3, -0.25) is 4.90 Å². The minimum absolute atomic E-state index is 0.0879. The first-order valence-corrected chi connectivity index (χ1v) is 25.3. The van der Waals surface area contributed by atoms with Crippen molar-refractivity contribution in [1.82, 2.24) is 35.1 Å². The van der Waals surface area contributed by atoms with Gasteiger partial charge >= 0.3 is 0 Å². The fourth-order valence-electron chi connectivity index (χ4n) is 9.41. The van der Waals surface area contributed by atoms with Crippen LogP contribution in [0.15, 0.2) is 53.3 Å². The Balaban J connectivity index is 0.865. The molecule has 5 aromatic rings. The number of hydrogen-bond donors (Lipinski definition) is 3. The summed E-state index contributed by atoms with van der Waals surface area (Å²) in [5.74, 6) is 1.44. The lowest BCUT2D eigenvalue weighted by Gasteiger charge is -2.43. The minimum Gasteiger partial charge on any atom is -0.494 e. The summed E-state index contributed by atoms with van der Waals surface area (Å²) in [4.78, 5) is 26.0. The molecule has 5 heterocycles. The first-order valence-electron chi connectivity index (χ1n) is 21.9. The lowest BCUT2D eigenvalue weighted by Crippen LogP contribution is -2.53. The number of ether oxygens (including phenoxy) is 1. The lowest BCUT2D eigenvalue weighted by atomic mass is 9.90. The zero-order chi connectivity index (χ0) is 43.5. The molecule has 0 saturated carbocycles. The topological polar surface area (TPSA) is 124 Å². The number of anilines is 5. The van der Waals surface area contributed by atoms with E-state index in [-0.39, 0.29) is 11.5 Å². The number of piperidine rings is 2. The van der Waals surface area contributed by atoms with E-state index in [4.69, 9.17) is 9.72 Å². The molecule has 330 valence electrons. The second-order valence-electron chi connectivity index (χ2n) is 17.2. The molecule has 3 aliphatic heterocycles. The van der Waals surface area contributed by atoms with E-state index in [9.17, 15) is 4.57 Å². The Morgan fingerprint density at radius 2 is 1.69 bits per heavy atom. The number of nitrogens with one attached hydrogen (secondary N) is 3. The van der Waals surface area contributed by atoms with E-state index in [0.29, 0.717) is 58.4 Å². The van der Waals surface area contributed by atoms with Crippen LogP contribution in [0, 0.1) is 18.6 Å². The smallest absolute Gasteiger partial charge is 0.229 e. The molecule has 2 aromatic heterocycles. The molecular weight excluding hydrogens is 873 g/mol. The Labute approximate surface area is 372 Å². The Morgan fingerprint density at radius 1 is 0.935 bits per heavy atom. The number of methoxy groups -OCH3 is 1. The predicted octanol–water partition coefficient (Wildman–Crippen LogP) is 8.37. The number of aromatic nitrogens is 4. The van der Waals surface area contributed by atoms with E-state index in [2.05, 4.69) is 80.6 Å². The van der Waals surface area contributed by atoms with Gasteiger partial charge in [0.1, 0.15) is 36.2 Å². The maximum absolute atomic E-state index is 15.1. The van der Waals surface area contributed by atoms with Gasteiger partial charge < -0.3 is 35.1 Å². The molecule has 3 saturated heterocycles. The summed E-state index contributed by atoms with van der Waals surface area (Å²) in [6.45, 7) is 15.8. The normalized spacial score (nSPS) is 18.3. The number of rotatable bonds is 13. The predicted molar refractivity (Wildman–Crippen MR) is 250 cm³/mol. The molecule has 0 amide bonds. The Kier molecular flexibility index (Phi) is 13.8. The van der Waals surface area contributed by atoms with Crippen LogP contribution in [0.25, 0.3) is 10.9 Å². The van der Waals surface area contributed by atoms with Crippen LogP contribution in [0.5, 0.6) is 5.75 Å². The van der Waals surface area contributed by atoms with Gasteiger partial charge in [0.15, 0.2) is 0 Å². The number of hydrogen-bond acceptors (Lipinski definition) is 12. The van der Waals surface area contributed by atoms with Crippen molar-refractivity contribution in [2.75, 3.05) is 94.9 Å². The summed E-state index contributed by atoms with van der Waals surface area (Å²) in [6.07, 6.45) is 8.73. The highest BCUT2D eigenvalue weighted by atomic mass is 79.9. The zero-order valence-corrected chi connectivity index (χ0v) is 38.9. The highest BCUT2D eigenvalue weighted by Crippen LogP contribution is 2.42. The van der Waals surface area contributed by atoms with Crippen LogP contribution in [0.1, 0.15) is 61.0 Å². The van der Waals surface area contributed by atoms with E-state index in [1.54, 1.807) is 45.0 Å². The molecule has 3 aliphatic rings. The molecule has 0 aliphatic carbocycles. The fourth-order valence-corrected chi connectivity index (χ4v) is 11.2. The van der Waals surface area contributed by atoms with Crippen molar-refractivity contribution in [2.24, 2.45) is 0 Å². The second kappa shape index (κ2) is 19.2. The van der Waals surface area contributed by atoms with Crippen LogP contribution < -0.4 is 30.9 Å². The van der Waals surface area contributed by atoms with E-state index < -0.39 is 18.8 Å². The molecule has 16 heteroatoms. The number of aryl methyl sites for hydroxylation is 2.